The topological polar surface area (TPSA) is 77.4 Å². The SMILES string of the molecule is CCN(CC)CCCN/C=C(/C#N)C(=O)NCCCOC. The van der Waals surface area contributed by atoms with Crippen molar-refractivity contribution in [2.75, 3.05) is 46.4 Å². The number of methoxy groups -OCH3 is 1. The molecule has 0 heterocycles. The van der Waals surface area contributed by atoms with Crippen LogP contribution in [0.15, 0.2) is 11.8 Å². The molecule has 0 rings (SSSR count). The molecule has 120 valence electrons. The largest absolute Gasteiger partial charge is 0.390 e. The van der Waals surface area contributed by atoms with Crippen LogP contribution >= 0.6 is 0 Å². The summed E-state index contributed by atoms with van der Waals surface area (Å²) in [6.45, 7) is 9.22. The van der Waals surface area contributed by atoms with Crippen LogP contribution in [0, 0.1) is 11.3 Å². The van der Waals surface area contributed by atoms with E-state index in [0.717, 1.165) is 39.0 Å². The quantitative estimate of drug-likeness (QED) is 0.317. The molecule has 0 saturated carbocycles. The maximum atomic E-state index is 11.7. The number of carbonyl (C=O) groups is 1. The van der Waals surface area contributed by atoms with Gasteiger partial charge in [-0.3, -0.25) is 4.79 Å². The Bertz CT molecular complexity index is 346. The number of carbonyl (C=O) groups excluding carboxylic acids is 1. The molecule has 0 aliphatic heterocycles. The fourth-order valence-electron chi connectivity index (χ4n) is 1.78. The van der Waals surface area contributed by atoms with Crippen molar-refractivity contribution in [2.24, 2.45) is 0 Å². The lowest BCUT2D eigenvalue weighted by Crippen LogP contribution is -2.28. The van der Waals surface area contributed by atoms with Gasteiger partial charge in [-0.1, -0.05) is 13.8 Å². The molecule has 0 bridgehead atoms. The zero-order valence-electron chi connectivity index (χ0n) is 13.4. The number of ether oxygens (including phenoxy) is 1. The van der Waals surface area contributed by atoms with Gasteiger partial charge in [0.2, 0.25) is 0 Å². The van der Waals surface area contributed by atoms with Gasteiger partial charge in [-0.15, -0.1) is 0 Å². The van der Waals surface area contributed by atoms with E-state index in [1.54, 1.807) is 7.11 Å². The summed E-state index contributed by atoms with van der Waals surface area (Å²) in [4.78, 5) is 14.0. The second kappa shape index (κ2) is 13.4. The molecule has 1 amide bonds. The Hall–Kier alpha value is -1.58. The van der Waals surface area contributed by atoms with Gasteiger partial charge in [0.25, 0.3) is 5.91 Å². The van der Waals surface area contributed by atoms with Crippen molar-refractivity contribution in [3.63, 3.8) is 0 Å². The number of hydrogen-bond acceptors (Lipinski definition) is 5. The molecule has 2 N–H and O–H groups in total. The highest BCUT2D eigenvalue weighted by molar-refractivity contribution is 5.97. The van der Waals surface area contributed by atoms with E-state index in [2.05, 4.69) is 29.4 Å². The second-order valence-electron chi connectivity index (χ2n) is 4.61. The number of nitrogens with one attached hydrogen (secondary N) is 2. The van der Waals surface area contributed by atoms with Crippen LogP contribution in [0.3, 0.4) is 0 Å². The van der Waals surface area contributed by atoms with E-state index in [0.29, 0.717) is 13.2 Å². The third-order valence-electron chi connectivity index (χ3n) is 3.11. The summed E-state index contributed by atoms with van der Waals surface area (Å²) in [7, 11) is 1.62. The normalized spacial score (nSPS) is 11.3. The van der Waals surface area contributed by atoms with Crippen molar-refractivity contribution in [1.29, 1.82) is 5.26 Å². The highest BCUT2D eigenvalue weighted by atomic mass is 16.5. The van der Waals surface area contributed by atoms with E-state index in [1.807, 2.05) is 6.07 Å². The predicted molar refractivity (Wildman–Crippen MR) is 83.6 cm³/mol. The van der Waals surface area contributed by atoms with E-state index in [9.17, 15) is 4.79 Å². The summed E-state index contributed by atoms with van der Waals surface area (Å²) in [5, 5.41) is 14.7. The van der Waals surface area contributed by atoms with Crippen LogP contribution in [0.2, 0.25) is 0 Å². The minimum Gasteiger partial charge on any atom is -0.390 e. The second-order valence-corrected chi connectivity index (χ2v) is 4.61. The van der Waals surface area contributed by atoms with E-state index < -0.39 is 0 Å². The maximum Gasteiger partial charge on any atom is 0.263 e. The van der Waals surface area contributed by atoms with Gasteiger partial charge in [0, 0.05) is 33.0 Å². The molecule has 0 aliphatic rings. The number of amides is 1. The first-order chi connectivity index (χ1) is 10.2. The van der Waals surface area contributed by atoms with E-state index >= 15 is 0 Å². The molecule has 0 spiro atoms. The Morgan fingerprint density at radius 2 is 2.00 bits per heavy atom. The molecule has 0 aliphatic carbocycles. The van der Waals surface area contributed by atoms with E-state index in [1.165, 1.54) is 6.20 Å². The summed E-state index contributed by atoms with van der Waals surface area (Å²) in [5.41, 5.74) is 0.107. The molecular formula is C15H28N4O2. The van der Waals surface area contributed by atoms with Crippen LogP contribution < -0.4 is 10.6 Å². The highest BCUT2D eigenvalue weighted by Gasteiger charge is 2.07. The molecule has 0 aromatic rings. The molecule has 0 atom stereocenters. The molecule has 6 heteroatoms. The zero-order valence-corrected chi connectivity index (χ0v) is 13.4. The molecule has 6 nitrogen and oxygen atoms in total. The lowest BCUT2D eigenvalue weighted by molar-refractivity contribution is -0.117. The fraction of sp³-hybridized carbons (Fsp3) is 0.733. The van der Waals surface area contributed by atoms with Gasteiger partial charge in [-0.05, 0) is 32.5 Å². The van der Waals surface area contributed by atoms with Gasteiger partial charge in [-0.2, -0.15) is 5.26 Å². The third kappa shape index (κ3) is 9.88. The van der Waals surface area contributed by atoms with E-state index in [-0.39, 0.29) is 11.5 Å². The van der Waals surface area contributed by atoms with Gasteiger partial charge < -0.3 is 20.3 Å². The Morgan fingerprint density at radius 3 is 2.57 bits per heavy atom. The average Bonchev–Trinajstić information content (AvgIpc) is 2.51. The van der Waals surface area contributed by atoms with Gasteiger partial charge >= 0.3 is 0 Å². The smallest absolute Gasteiger partial charge is 0.263 e. The van der Waals surface area contributed by atoms with Gasteiger partial charge in [0.05, 0.1) is 0 Å². The number of nitrogens with zero attached hydrogens (tertiary/aromatic N) is 2. The molecule has 0 aromatic carbocycles. The third-order valence-corrected chi connectivity index (χ3v) is 3.11. The summed E-state index contributed by atoms with van der Waals surface area (Å²) >= 11 is 0. The zero-order chi connectivity index (χ0) is 15.9. The van der Waals surface area contributed by atoms with Crippen LogP contribution in [0.5, 0.6) is 0 Å². The Morgan fingerprint density at radius 1 is 1.29 bits per heavy atom. The number of hydrogen-bond donors (Lipinski definition) is 2. The molecule has 0 unspecified atom stereocenters. The lowest BCUT2D eigenvalue weighted by atomic mass is 10.3. The minimum absolute atomic E-state index is 0.107. The first-order valence-corrected chi connectivity index (χ1v) is 7.52. The van der Waals surface area contributed by atoms with Crippen molar-refractivity contribution in [1.82, 2.24) is 15.5 Å². The first-order valence-electron chi connectivity index (χ1n) is 7.52. The van der Waals surface area contributed by atoms with Crippen molar-refractivity contribution < 1.29 is 9.53 Å². The van der Waals surface area contributed by atoms with Crippen molar-refractivity contribution in [3.8, 4) is 6.07 Å². The maximum absolute atomic E-state index is 11.7. The molecule has 21 heavy (non-hydrogen) atoms. The van der Waals surface area contributed by atoms with Crippen molar-refractivity contribution in [3.05, 3.63) is 11.8 Å². The molecule has 0 fully saturated rings. The van der Waals surface area contributed by atoms with Crippen molar-refractivity contribution >= 4 is 5.91 Å². The molecule has 0 radical (unpaired) electrons. The van der Waals surface area contributed by atoms with Crippen molar-refractivity contribution in [2.45, 2.75) is 26.7 Å². The van der Waals surface area contributed by atoms with Gasteiger partial charge in [0.15, 0.2) is 0 Å². The Labute approximate surface area is 128 Å². The summed E-state index contributed by atoms with van der Waals surface area (Å²) in [5.74, 6) is -0.343. The Balaban J connectivity index is 3.94. The van der Waals surface area contributed by atoms with Crippen LogP contribution in [-0.4, -0.2) is 57.2 Å². The van der Waals surface area contributed by atoms with Crippen LogP contribution in [0.25, 0.3) is 0 Å². The standard InChI is InChI=1S/C15H28N4O2/c1-4-19(5-2)10-6-8-17-13-14(12-16)15(20)18-9-7-11-21-3/h13,17H,4-11H2,1-3H3,(H,18,20)/b14-13-. The fourth-order valence-corrected chi connectivity index (χ4v) is 1.78. The first kappa shape index (κ1) is 19.4. The van der Waals surface area contributed by atoms with E-state index in [4.69, 9.17) is 10.00 Å². The van der Waals surface area contributed by atoms with Crippen LogP contribution in [-0.2, 0) is 9.53 Å². The van der Waals surface area contributed by atoms with Crippen LogP contribution in [0.1, 0.15) is 26.7 Å². The molecular weight excluding hydrogens is 268 g/mol. The summed E-state index contributed by atoms with van der Waals surface area (Å²) in [6.07, 6.45) is 3.21. The highest BCUT2D eigenvalue weighted by Crippen LogP contribution is 1.93. The molecule has 0 saturated heterocycles. The van der Waals surface area contributed by atoms with Gasteiger partial charge in [0.1, 0.15) is 11.6 Å². The van der Waals surface area contributed by atoms with Crippen LogP contribution in [0.4, 0.5) is 0 Å². The summed E-state index contributed by atoms with van der Waals surface area (Å²) < 4.78 is 4.89. The monoisotopic (exact) mass is 296 g/mol. The average molecular weight is 296 g/mol. The Kier molecular flexibility index (Phi) is 12.4. The lowest BCUT2D eigenvalue weighted by Gasteiger charge is -2.17. The minimum atomic E-state index is -0.343. The summed E-state index contributed by atoms with van der Waals surface area (Å²) in [6, 6.07) is 1.91. The predicted octanol–water partition coefficient (Wildman–Crippen LogP) is 0.868. The number of rotatable bonds is 12. The number of nitriles is 1. The molecule has 0 aromatic heterocycles. The van der Waals surface area contributed by atoms with Gasteiger partial charge in [-0.25, -0.2) is 0 Å².